The van der Waals surface area contributed by atoms with Crippen LogP contribution in [0.2, 0.25) is 0 Å². The molecule has 0 rings (SSSR count). The van der Waals surface area contributed by atoms with Crippen molar-refractivity contribution in [2.45, 2.75) is 38.8 Å². The predicted octanol–water partition coefficient (Wildman–Crippen LogP) is 0.607. The van der Waals surface area contributed by atoms with Crippen molar-refractivity contribution in [3.8, 4) is 0 Å². The van der Waals surface area contributed by atoms with E-state index in [-0.39, 0.29) is 0 Å². The molecule has 0 spiro atoms. The highest BCUT2D eigenvalue weighted by Crippen LogP contribution is 2.08. The lowest BCUT2D eigenvalue weighted by Gasteiger charge is -2.18. The van der Waals surface area contributed by atoms with E-state index in [1.165, 1.54) is 0 Å². The lowest BCUT2D eigenvalue weighted by molar-refractivity contribution is -0.131. The van der Waals surface area contributed by atoms with Crippen LogP contribution in [0.1, 0.15) is 26.7 Å². The summed E-state index contributed by atoms with van der Waals surface area (Å²) in [6, 6.07) is -2.02. The van der Waals surface area contributed by atoms with E-state index in [9.17, 15) is 9.18 Å². The van der Waals surface area contributed by atoms with Crippen molar-refractivity contribution in [3.63, 3.8) is 0 Å². The second kappa shape index (κ2) is 5.22. The highest BCUT2D eigenvalue weighted by molar-refractivity contribution is 5.68. The van der Waals surface area contributed by atoms with Gasteiger partial charge in [0.25, 0.3) is 0 Å². The van der Waals surface area contributed by atoms with E-state index in [2.05, 4.69) is 0 Å². The van der Waals surface area contributed by atoms with Gasteiger partial charge in [-0.1, -0.05) is 13.8 Å². The first kappa shape index (κ1) is 11.5. The molecule has 0 aromatic carbocycles. The maximum atomic E-state index is 11.8. The fourth-order valence-corrected chi connectivity index (χ4v) is 1.02. The van der Waals surface area contributed by atoms with Gasteiger partial charge in [0.2, 0.25) is 0 Å². The Kier molecular flexibility index (Phi) is 5.01. The lowest BCUT2D eigenvalue weighted by atomic mass is 9.98. The first-order valence-corrected chi connectivity index (χ1v) is 4.05. The molecule has 12 heavy (non-hydrogen) atoms. The molecule has 0 heterocycles. The standard InChI is InChI=1S/C8H16FNO2/c1-5(2)3-6(10)7(11)4-8(9)12/h5-7,11H,3-4,10H2,1-2H3/t6-,7-/m0/s1. The normalized spacial score (nSPS) is 16.2. The van der Waals surface area contributed by atoms with Crippen molar-refractivity contribution in [1.29, 1.82) is 0 Å². The highest BCUT2D eigenvalue weighted by atomic mass is 19.1. The van der Waals surface area contributed by atoms with Crippen molar-refractivity contribution in [2.24, 2.45) is 11.7 Å². The second-order valence-corrected chi connectivity index (χ2v) is 3.42. The number of nitrogens with two attached hydrogens (primary N) is 1. The lowest BCUT2D eigenvalue weighted by Crippen LogP contribution is -2.36. The number of carbonyl (C=O) groups is 1. The fourth-order valence-electron chi connectivity index (χ4n) is 1.02. The Bertz CT molecular complexity index is 150. The van der Waals surface area contributed by atoms with Crippen molar-refractivity contribution in [2.75, 3.05) is 0 Å². The van der Waals surface area contributed by atoms with E-state index in [0.29, 0.717) is 12.3 Å². The molecule has 0 amide bonds. The SMILES string of the molecule is CC(C)C[C@H](N)[C@@H](O)CC(=O)F. The summed E-state index contributed by atoms with van der Waals surface area (Å²) in [5.41, 5.74) is 5.50. The van der Waals surface area contributed by atoms with Crippen LogP contribution in [0.25, 0.3) is 0 Å². The van der Waals surface area contributed by atoms with Gasteiger partial charge in [0.1, 0.15) is 0 Å². The third-order valence-corrected chi connectivity index (χ3v) is 1.61. The molecule has 0 saturated carbocycles. The van der Waals surface area contributed by atoms with Gasteiger partial charge in [-0.2, -0.15) is 4.39 Å². The number of halogens is 1. The van der Waals surface area contributed by atoms with Crippen LogP contribution in [0, 0.1) is 5.92 Å². The van der Waals surface area contributed by atoms with Gasteiger partial charge >= 0.3 is 6.04 Å². The zero-order valence-electron chi connectivity index (χ0n) is 7.46. The summed E-state index contributed by atoms with van der Waals surface area (Å²) in [5, 5.41) is 9.15. The molecule has 0 radical (unpaired) electrons. The van der Waals surface area contributed by atoms with Crippen LogP contribution in [-0.2, 0) is 4.79 Å². The van der Waals surface area contributed by atoms with Crippen molar-refractivity contribution in [1.82, 2.24) is 0 Å². The quantitative estimate of drug-likeness (QED) is 0.605. The molecular formula is C8H16FNO2. The average molecular weight is 177 g/mol. The van der Waals surface area contributed by atoms with Gasteiger partial charge in [0.15, 0.2) is 0 Å². The molecule has 0 aliphatic heterocycles. The smallest absolute Gasteiger partial charge is 0.304 e. The third-order valence-electron chi connectivity index (χ3n) is 1.61. The van der Waals surface area contributed by atoms with Crippen molar-refractivity contribution in [3.05, 3.63) is 0 Å². The molecule has 0 bridgehead atoms. The number of carbonyl (C=O) groups excluding carboxylic acids is 1. The summed E-state index contributed by atoms with van der Waals surface area (Å²) in [5.74, 6) is 0.337. The molecule has 0 saturated heterocycles. The number of hydrogen-bond acceptors (Lipinski definition) is 3. The number of rotatable bonds is 5. The molecule has 0 unspecified atom stereocenters. The molecule has 0 aromatic heterocycles. The van der Waals surface area contributed by atoms with Crippen LogP contribution in [0.4, 0.5) is 4.39 Å². The number of hydrogen-bond donors (Lipinski definition) is 2. The van der Waals surface area contributed by atoms with E-state index in [4.69, 9.17) is 10.8 Å². The molecule has 0 aliphatic carbocycles. The minimum atomic E-state index is -1.51. The molecule has 0 fully saturated rings. The van der Waals surface area contributed by atoms with Crippen LogP contribution in [0.3, 0.4) is 0 Å². The minimum Gasteiger partial charge on any atom is -0.391 e. The summed E-state index contributed by atoms with van der Waals surface area (Å²) in [7, 11) is 0. The van der Waals surface area contributed by atoms with Gasteiger partial charge in [-0.25, -0.2) is 0 Å². The van der Waals surface area contributed by atoms with Gasteiger partial charge in [0, 0.05) is 6.04 Å². The van der Waals surface area contributed by atoms with Crippen LogP contribution in [0.15, 0.2) is 0 Å². The Labute approximate surface area is 71.8 Å². The maximum Gasteiger partial charge on any atom is 0.304 e. The number of aliphatic hydroxyl groups is 1. The Morgan fingerprint density at radius 1 is 1.58 bits per heavy atom. The molecule has 0 aromatic rings. The van der Waals surface area contributed by atoms with Crippen LogP contribution < -0.4 is 5.73 Å². The largest absolute Gasteiger partial charge is 0.391 e. The molecule has 0 aliphatic rings. The molecule has 4 heteroatoms. The predicted molar refractivity (Wildman–Crippen MR) is 44.2 cm³/mol. The third kappa shape index (κ3) is 5.21. The topological polar surface area (TPSA) is 63.3 Å². The highest BCUT2D eigenvalue weighted by Gasteiger charge is 2.18. The molecule has 3 nitrogen and oxygen atoms in total. The summed E-state index contributed by atoms with van der Waals surface area (Å²) < 4.78 is 11.8. The summed E-state index contributed by atoms with van der Waals surface area (Å²) in [6.45, 7) is 3.90. The van der Waals surface area contributed by atoms with E-state index >= 15 is 0 Å². The first-order valence-electron chi connectivity index (χ1n) is 4.05. The van der Waals surface area contributed by atoms with Gasteiger partial charge < -0.3 is 10.8 Å². The monoisotopic (exact) mass is 177 g/mol. The molecule has 3 N–H and O–H groups in total. The van der Waals surface area contributed by atoms with E-state index < -0.39 is 24.6 Å². The first-order chi connectivity index (χ1) is 5.43. The molecular weight excluding hydrogens is 161 g/mol. The molecule has 72 valence electrons. The van der Waals surface area contributed by atoms with Crippen molar-refractivity contribution >= 4 is 6.04 Å². The van der Waals surface area contributed by atoms with Gasteiger partial charge in [-0.05, 0) is 12.3 Å². The van der Waals surface area contributed by atoms with Gasteiger partial charge in [-0.15, -0.1) is 0 Å². The van der Waals surface area contributed by atoms with Crippen LogP contribution in [-0.4, -0.2) is 23.3 Å². The summed E-state index contributed by atoms with van der Waals surface area (Å²) >= 11 is 0. The van der Waals surface area contributed by atoms with E-state index in [1.807, 2.05) is 13.8 Å². The molecule has 2 atom stereocenters. The summed E-state index contributed by atoms with van der Waals surface area (Å²) in [6.07, 6.45) is -0.951. The zero-order valence-corrected chi connectivity index (χ0v) is 7.46. The van der Waals surface area contributed by atoms with Crippen LogP contribution >= 0.6 is 0 Å². The maximum absolute atomic E-state index is 11.8. The van der Waals surface area contributed by atoms with E-state index in [0.717, 1.165) is 0 Å². The second-order valence-electron chi connectivity index (χ2n) is 3.42. The Hall–Kier alpha value is -0.480. The van der Waals surface area contributed by atoms with Crippen molar-refractivity contribution < 1.29 is 14.3 Å². The fraction of sp³-hybridized carbons (Fsp3) is 0.875. The Morgan fingerprint density at radius 3 is 2.42 bits per heavy atom. The summed E-state index contributed by atoms with van der Waals surface area (Å²) in [4.78, 5) is 9.96. The van der Waals surface area contributed by atoms with E-state index in [1.54, 1.807) is 0 Å². The van der Waals surface area contributed by atoms with Gasteiger partial charge in [0.05, 0.1) is 12.5 Å². The average Bonchev–Trinajstić information content (AvgIpc) is 1.84. The van der Waals surface area contributed by atoms with Gasteiger partial charge in [-0.3, -0.25) is 4.79 Å². The Morgan fingerprint density at radius 2 is 2.08 bits per heavy atom. The minimum absolute atomic E-state index is 0.337. The zero-order chi connectivity index (χ0) is 9.72. The Balaban J connectivity index is 3.76. The van der Waals surface area contributed by atoms with Crippen LogP contribution in [0.5, 0.6) is 0 Å². The number of aliphatic hydroxyl groups excluding tert-OH is 1.